The molecule has 0 aliphatic rings. The Balaban J connectivity index is 2.30. The van der Waals surface area contributed by atoms with Crippen LogP contribution in [0.1, 0.15) is 10.4 Å². The number of non-ortho nitro benzene ring substituents is 1. The number of nitrogens with two attached hydrogens (primary N) is 1. The molecule has 1 aromatic heterocycles. The molecular weight excluding hydrogens is 267 g/mol. The Morgan fingerprint density at radius 2 is 2.15 bits per heavy atom. The summed E-state index contributed by atoms with van der Waals surface area (Å²) in [7, 11) is 0. The highest BCUT2D eigenvalue weighted by molar-refractivity contribution is 6.07. The van der Waals surface area contributed by atoms with Crippen molar-refractivity contribution in [1.29, 1.82) is 0 Å². The van der Waals surface area contributed by atoms with Crippen LogP contribution in [0.2, 0.25) is 0 Å². The highest BCUT2D eigenvalue weighted by Gasteiger charge is 2.15. The summed E-state index contributed by atoms with van der Waals surface area (Å²) < 4.78 is 13.5. The van der Waals surface area contributed by atoms with E-state index in [-0.39, 0.29) is 22.6 Å². The van der Waals surface area contributed by atoms with Crippen LogP contribution < -0.4 is 11.1 Å². The number of pyridine rings is 1. The van der Waals surface area contributed by atoms with Crippen molar-refractivity contribution in [3.63, 3.8) is 0 Å². The predicted octanol–water partition coefficient (Wildman–Crippen LogP) is 1.96. The number of hydrogen-bond donors (Lipinski definition) is 2. The highest BCUT2D eigenvalue weighted by atomic mass is 19.1. The van der Waals surface area contributed by atoms with Gasteiger partial charge in [-0.15, -0.1) is 0 Å². The van der Waals surface area contributed by atoms with Crippen LogP contribution in [0.3, 0.4) is 0 Å². The van der Waals surface area contributed by atoms with Gasteiger partial charge in [0.25, 0.3) is 11.6 Å². The molecule has 0 aliphatic carbocycles. The van der Waals surface area contributed by atoms with Crippen molar-refractivity contribution in [1.82, 2.24) is 4.98 Å². The average molecular weight is 276 g/mol. The second kappa shape index (κ2) is 5.31. The maximum atomic E-state index is 13.5. The first kappa shape index (κ1) is 13.4. The Hall–Kier alpha value is -3.03. The van der Waals surface area contributed by atoms with Crippen LogP contribution >= 0.6 is 0 Å². The molecule has 8 heteroatoms. The van der Waals surface area contributed by atoms with E-state index in [1.807, 2.05) is 0 Å². The predicted molar refractivity (Wildman–Crippen MR) is 69.7 cm³/mol. The van der Waals surface area contributed by atoms with Gasteiger partial charge in [-0.25, -0.2) is 4.39 Å². The van der Waals surface area contributed by atoms with E-state index >= 15 is 0 Å². The molecule has 0 bridgehead atoms. The molecular formula is C12H9FN4O3. The number of nitro groups is 1. The first-order valence-electron chi connectivity index (χ1n) is 5.44. The Bertz CT molecular complexity index is 690. The lowest BCUT2D eigenvalue weighted by Crippen LogP contribution is -2.15. The summed E-state index contributed by atoms with van der Waals surface area (Å²) in [6.07, 6.45) is 2.63. The van der Waals surface area contributed by atoms with Gasteiger partial charge in [0.2, 0.25) is 0 Å². The number of nitro benzene ring substituents is 1. The van der Waals surface area contributed by atoms with Gasteiger partial charge in [-0.1, -0.05) is 0 Å². The zero-order valence-corrected chi connectivity index (χ0v) is 10.0. The van der Waals surface area contributed by atoms with Crippen LogP contribution in [-0.4, -0.2) is 15.8 Å². The standard InChI is InChI=1S/C12H9FN4O3/c13-9-2-1-7(17(19)20)5-11(9)16-12(18)8-3-4-15-6-10(8)14/h1-6H,14H2,(H,16,18). The normalized spacial score (nSPS) is 10.1. The van der Waals surface area contributed by atoms with Crippen molar-refractivity contribution in [2.75, 3.05) is 11.1 Å². The van der Waals surface area contributed by atoms with Gasteiger partial charge < -0.3 is 11.1 Å². The van der Waals surface area contributed by atoms with Crippen LogP contribution in [0.25, 0.3) is 0 Å². The maximum Gasteiger partial charge on any atom is 0.271 e. The Morgan fingerprint density at radius 3 is 2.80 bits per heavy atom. The molecule has 0 saturated heterocycles. The topological polar surface area (TPSA) is 111 Å². The molecule has 0 fully saturated rings. The third-order valence-electron chi connectivity index (χ3n) is 2.51. The number of benzene rings is 1. The molecule has 2 aromatic rings. The van der Waals surface area contributed by atoms with Crippen molar-refractivity contribution in [3.05, 3.63) is 58.2 Å². The van der Waals surface area contributed by atoms with Crippen LogP contribution in [-0.2, 0) is 0 Å². The smallest absolute Gasteiger partial charge is 0.271 e. The second-order valence-corrected chi connectivity index (χ2v) is 3.84. The molecule has 0 unspecified atom stereocenters. The zero-order valence-electron chi connectivity index (χ0n) is 10.0. The molecule has 0 spiro atoms. The minimum atomic E-state index is -0.781. The number of nitrogens with zero attached hydrogens (tertiary/aromatic N) is 2. The Morgan fingerprint density at radius 1 is 1.40 bits per heavy atom. The van der Waals surface area contributed by atoms with Crippen LogP contribution in [0.15, 0.2) is 36.7 Å². The van der Waals surface area contributed by atoms with Gasteiger partial charge in [0.05, 0.1) is 28.1 Å². The molecule has 2 rings (SSSR count). The third-order valence-corrected chi connectivity index (χ3v) is 2.51. The van der Waals surface area contributed by atoms with E-state index in [4.69, 9.17) is 5.73 Å². The lowest BCUT2D eigenvalue weighted by Gasteiger charge is -2.07. The number of nitrogen functional groups attached to an aromatic ring is 1. The van der Waals surface area contributed by atoms with E-state index < -0.39 is 16.6 Å². The van der Waals surface area contributed by atoms with Gasteiger partial charge in [-0.2, -0.15) is 0 Å². The fourth-order valence-corrected chi connectivity index (χ4v) is 1.53. The summed E-state index contributed by atoms with van der Waals surface area (Å²) in [5.74, 6) is -1.46. The van der Waals surface area contributed by atoms with Gasteiger partial charge in [0.15, 0.2) is 0 Å². The molecule has 1 amide bonds. The highest BCUT2D eigenvalue weighted by Crippen LogP contribution is 2.22. The first-order valence-corrected chi connectivity index (χ1v) is 5.44. The number of carbonyl (C=O) groups is 1. The summed E-state index contributed by atoms with van der Waals surface area (Å²) in [4.78, 5) is 25.6. The quantitative estimate of drug-likeness (QED) is 0.657. The van der Waals surface area contributed by atoms with E-state index in [0.29, 0.717) is 0 Å². The zero-order chi connectivity index (χ0) is 14.7. The maximum absolute atomic E-state index is 13.5. The third kappa shape index (κ3) is 2.69. The van der Waals surface area contributed by atoms with Crippen LogP contribution in [0, 0.1) is 15.9 Å². The second-order valence-electron chi connectivity index (χ2n) is 3.84. The van der Waals surface area contributed by atoms with E-state index in [2.05, 4.69) is 10.3 Å². The number of aromatic nitrogens is 1. The van der Waals surface area contributed by atoms with Crippen molar-refractivity contribution >= 4 is 23.0 Å². The number of halogens is 1. The molecule has 0 saturated carbocycles. The van der Waals surface area contributed by atoms with Crippen LogP contribution in [0.4, 0.5) is 21.5 Å². The van der Waals surface area contributed by atoms with Crippen molar-refractivity contribution in [2.45, 2.75) is 0 Å². The van der Waals surface area contributed by atoms with Crippen LogP contribution in [0.5, 0.6) is 0 Å². The first-order chi connectivity index (χ1) is 9.49. The van der Waals surface area contributed by atoms with E-state index in [1.165, 1.54) is 18.5 Å². The Labute approximate surface area is 112 Å². The molecule has 1 aromatic carbocycles. The largest absolute Gasteiger partial charge is 0.397 e. The lowest BCUT2D eigenvalue weighted by molar-refractivity contribution is -0.384. The summed E-state index contributed by atoms with van der Waals surface area (Å²) in [5.41, 5.74) is 5.17. The minimum Gasteiger partial charge on any atom is -0.397 e. The molecule has 102 valence electrons. The molecule has 3 N–H and O–H groups in total. The summed E-state index contributed by atoms with van der Waals surface area (Å²) >= 11 is 0. The van der Waals surface area contributed by atoms with E-state index in [9.17, 15) is 19.3 Å². The van der Waals surface area contributed by atoms with Gasteiger partial charge in [-0.05, 0) is 12.1 Å². The number of amides is 1. The summed E-state index contributed by atoms with van der Waals surface area (Å²) in [6, 6.07) is 4.21. The summed E-state index contributed by atoms with van der Waals surface area (Å²) in [5, 5.41) is 12.9. The number of rotatable bonds is 3. The van der Waals surface area contributed by atoms with Gasteiger partial charge in [-0.3, -0.25) is 19.9 Å². The Kier molecular flexibility index (Phi) is 3.56. The molecule has 0 radical (unpaired) electrons. The van der Waals surface area contributed by atoms with Crippen molar-refractivity contribution in [3.8, 4) is 0 Å². The van der Waals surface area contributed by atoms with Gasteiger partial charge in [0, 0.05) is 18.3 Å². The van der Waals surface area contributed by atoms with Crippen molar-refractivity contribution in [2.24, 2.45) is 0 Å². The number of nitrogens with one attached hydrogen (secondary N) is 1. The van der Waals surface area contributed by atoms with E-state index in [0.717, 1.165) is 18.2 Å². The molecule has 1 heterocycles. The van der Waals surface area contributed by atoms with Gasteiger partial charge in [0.1, 0.15) is 5.82 Å². The molecule has 0 atom stereocenters. The SMILES string of the molecule is Nc1cnccc1C(=O)Nc1cc([N+](=O)[O-])ccc1F. The van der Waals surface area contributed by atoms with Crippen molar-refractivity contribution < 1.29 is 14.1 Å². The number of anilines is 2. The molecule has 7 nitrogen and oxygen atoms in total. The summed E-state index contributed by atoms with van der Waals surface area (Å²) in [6.45, 7) is 0. The fraction of sp³-hybridized carbons (Fsp3) is 0. The van der Waals surface area contributed by atoms with E-state index in [1.54, 1.807) is 0 Å². The average Bonchev–Trinajstić information content (AvgIpc) is 2.41. The monoisotopic (exact) mass is 276 g/mol. The molecule has 0 aliphatic heterocycles. The fourth-order valence-electron chi connectivity index (χ4n) is 1.53. The van der Waals surface area contributed by atoms with Gasteiger partial charge >= 0.3 is 0 Å². The number of hydrogen-bond acceptors (Lipinski definition) is 5. The minimum absolute atomic E-state index is 0.103. The lowest BCUT2D eigenvalue weighted by atomic mass is 10.2. The number of carbonyl (C=O) groups excluding carboxylic acids is 1. The molecule has 20 heavy (non-hydrogen) atoms.